The second-order valence-electron chi connectivity index (χ2n) is 6.56. The number of aromatic nitrogens is 1. The first-order valence-corrected chi connectivity index (χ1v) is 9.64. The molecule has 1 aromatic heterocycles. The van der Waals surface area contributed by atoms with E-state index < -0.39 is 0 Å². The molecule has 2 amide bonds. The van der Waals surface area contributed by atoms with Crippen molar-refractivity contribution < 1.29 is 9.59 Å². The van der Waals surface area contributed by atoms with E-state index >= 15 is 0 Å². The topological polar surface area (TPSA) is 53.5 Å². The molecule has 0 unspecified atom stereocenters. The van der Waals surface area contributed by atoms with Crippen molar-refractivity contribution in [3.63, 3.8) is 0 Å². The molecule has 0 spiro atoms. The molecule has 0 saturated carbocycles. The average Bonchev–Trinajstić information content (AvgIpc) is 2.63. The van der Waals surface area contributed by atoms with Gasteiger partial charge in [-0.25, -0.2) is 0 Å². The molecule has 2 heterocycles. The van der Waals surface area contributed by atoms with Crippen LogP contribution >= 0.6 is 11.8 Å². The largest absolute Gasteiger partial charge is 0.331 e. The Bertz CT molecular complexity index is 762. The number of hydrogen-bond donors (Lipinski definition) is 0. The quantitative estimate of drug-likeness (QED) is 0.761. The molecule has 1 saturated heterocycles. The smallest absolute Gasteiger partial charge is 0.246 e. The lowest BCUT2D eigenvalue weighted by Gasteiger charge is -2.34. The average molecular weight is 369 g/mol. The Labute approximate surface area is 158 Å². The maximum atomic E-state index is 12.6. The Kier molecular flexibility index (Phi) is 5.93. The number of carbonyl (C=O) groups excluding carboxylic acids is 2. The van der Waals surface area contributed by atoms with Crippen LogP contribution in [0.4, 0.5) is 5.69 Å². The van der Waals surface area contributed by atoms with E-state index in [0.29, 0.717) is 24.8 Å². The Hall–Kier alpha value is -2.34. The number of amides is 2. The third-order valence-corrected chi connectivity index (χ3v) is 5.20. The standard InChI is InChI=1S/C20H23N3O2S/c1-15(2)26-18-7-5-16(6-8-18)12-19(24)22-10-11-23(20(25)14-22)17-4-3-9-21-13-17/h3-9,13,15H,10-12,14H2,1-2H3. The number of benzene rings is 1. The number of pyridine rings is 1. The van der Waals surface area contributed by atoms with Crippen molar-refractivity contribution in [2.24, 2.45) is 0 Å². The minimum Gasteiger partial charge on any atom is -0.331 e. The highest BCUT2D eigenvalue weighted by molar-refractivity contribution is 7.99. The summed E-state index contributed by atoms with van der Waals surface area (Å²) in [6.07, 6.45) is 3.68. The Balaban J connectivity index is 1.57. The van der Waals surface area contributed by atoms with Crippen LogP contribution in [0.2, 0.25) is 0 Å². The van der Waals surface area contributed by atoms with Gasteiger partial charge in [0.1, 0.15) is 6.54 Å². The summed E-state index contributed by atoms with van der Waals surface area (Å²) in [5.74, 6) is -0.0743. The predicted molar refractivity (Wildman–Crippen MR) is 104 cm³/mol. The SMILES string of the molecule is CC(C)Sc1ccc(CC(=O)N2CCN(c3cccnc3)C(=O)C2)cc1. The molecule has 0 N–H and O–H groups in total. The molecule has 1 fully saturated rings. The molecule has 3 rings (SSSR count). The highest BCUT2D eigenvalue weighted by Gasteiger charge is 2.28. The minimum absolute atomic E-state index is 0.00607. The van der Waals surface area contributed by atoms with Crippen molar-refractivity contribution in [2.45, 2.75) is 30.4 Å². The zero-order chi connectivity index (χ0) is 18.5. The van der Waals surface area contributed by atoms with E-state index in [2.05, 4.69) is 31.0 Å². The summed E-state index contributed by atoms with van der Waals surface area (Å²) in [7, 11) is 0. The van der Waals surface area contributed by atoms with Crippen LogP contribution in [0.5, 0.6) is 0 Å². The second-order valence-corrected chi connectivity index (χ2v) is 8.21. The minimum atomic E-state index is -0.0683. The van der Waals surface area contributed by atoms with E-state index in [1.54, 1.807) is 40.0 Å². The summed E-state index contributed by atoms with van der Waals surface area (Å²) >= 11 is 1.80. The summed E-state index contributed by atoms with van der Waals surface area (Å²) in [6.45, 7) is 5.48. The number of piperazine rings is 1. The first kappa shape index (κ1) is 18.5. The van der Waals surface area contributed by atoms with Crippen LogP contribution in [0, 0.1) is 0 Å². The number of nitrogens with zero attached hydrogens (tertiary/aromatic N) is 3. The van der Waals surface area contributed by atoms with Crippen molar-refractivity contribution in [3.05, 3.63) is 54.4 Å². The molecule has 136 valence electrons. The highest BCUT2D eigenvalue weighted by atomic mass is 32.2. The Morgan fingerprint density at radius 1 is 1.19 bits per heavy atom. The fourth-order valence-electron chi connectivity index (χ4n) is 2.92. The zero-order valence-electron chi connectivity index (χ0n) is 15.1. The lowest BCUT2D eigenvalue weighted by molar-refractivity contribution is -0.136. The van der Waals surface area contributed by atoms with E-state index in [-0.39, 0.29) is 18.4 Å². The predicted octanol–water partition coefficient (Wildman–Crippen LogP) is 3.00. The molecule has 1 aromatic carbocycles. The maximum absolute atomic E-state index is 12.6. The third-order valence-electron chi connectivity index (χ3n) is 4.18. The monoisotopic (exact) mass is 369 g/mol. The molecule has 6 heteroatoms. The van der Waals surface area contributed by atoms with Gasteiger partial charge in [0.05, 0.1) is 18.3 Å². The van der Waals surface area contributed by atoms with Crippen LogP contribution in [-0.4, -0.2) is 46.6 Å². The molecule has 5 nitrogen and oxygen atoms in total. The second kappa shape index (κ2) is 8.36. The van der Waals surface area contributed by atoms with E-state index in [9.17, 15) is 9.59 Å². The van der Waals surface area contributed by atoms with Crippen LogP contribution in [0.25, 0.3) is 0 Å². The molecule has 0 radical (unpaired) electrons. The van der Waals surface area contributed by atoms with Gasteiger partial charge in [-0.3, -0.25) is 14.6 Å². The molecule has 2 aromatic rings. The van der Waals surface area contributed by atoms with Gasteiger partial charge in [0.2, 0.25) is 11.8 Å². The normalized spacial score (nSPS) is 14.8. The van der Waals surface area contributed by atoms with Gasteiger partial charge < -0.3 is 9.80 Å². The molecular formula is C20H23N3O2S. The van der Waals surface area contributed by atoms with Crippen LogP contribution in [-0.2, 0) is 16.0 Å². The van der Waals surface area contributed by atoms with E-state index in [0.717, 1.165) is 11.3 Å². The summed E-state index contributed by atoms with van der Waals surface area (Å²) in [5.41, 5.74) is 1.76. The number of carbonyl (C=O) groups is 2. The van der Waals surface area contributed by atoms with Gasteiger partial charge in [-0.15, -0.1) is 11.8 Å². The van der Waals surface area contributed by atoms with E-state index in [4.69, 9.17) is 0 Å². The van der Waals surface area contributed by atoms with Gasteiger partial charge in [0, 0.05) is 29.4 Å². The number of rotatable bonds is 5. The summed E-state index contributed by atoms with van der Waals surface area (Å²) in [5, 5.41) is 0.532. The molecule has 0 aliphatic carbocycles. The molecule has 0 atom stereocenters. The fraction of sp³-hybridized carbons (Fsp3) is 0.350. The van der Waals surface area contributed by atoms with Gasteiger partial charge in [-0.2, -0.15) is 0 Å². The molecular weight excluding hydrogens is 346 g/mol. The summed E-state index contributed by atoms with van der Waals surface area (Å²) < 4.78 is 0. The first-order chi connectivity index (χ1) is 12.5. The lowest BCUT2D eigenvalue weighted by Crippen LogP contribution is -2.52. The maximum Gasteiger partial charge on any atom is 0.246 e. The highest BCUT2D eigenvalue weighted by Crippen LogP contribution is 2.23. The van der Waals surface area contributed by atoms with E-state index in [1.807, 2.05) is 18.2 Å². The Morgan fingerprint density at radius 2 is 1.96 bits per heavy atom. The van der Waals surface area contributed by atoms with E-state index in [1.165, 1.54) is 4.90 Å². The Morgan fingerprint density at radius 3 is 2.58 bits per heavy atom. The number of hydrogen-bond acceptors (Lipinski definition) is 4. The summed E-state index contributed by atoms with van der Waals surface area (Å²) in [4.78, 5) is 33.6. The van der Waals surface area contributed by atoms with Gasteiger partial charge in [0.15, 0.2) is 0 Å². The molecule has 0 bridgehead atoms. The van der Waals surface area contributed by atoms with Crippen LogP contribution in [0.15, 0.2) is 53.7 Å². The molecule has 1 aliphatic rings. The van der Waals surface area contributed by atoms with Gasteiger partial charge in [0.25, 0.3) is 0 Å². The van der Waals surface area contributed by atoms with Crippen LogP contribution < -0.4 is 4.90 Å². The number of thioether (sulfide) groups is 1. The van der Waals surface area contributed by atoms with Crippen LogP contribution in [0.3, 0.4) is 0 Å². The van der Waals surface area contributed by atoms with Crippen molar-refractivity contribution >= 4 is 29.3 Å². The van der Waals surface area contributed by atoms with Gasteiger partial charge >= 0.3 is 0 Å². The van der Waals surface area contributed by atoms with Gasteiger partial charge in [-0.1, -0.05) is 26.0 Å². The van der Waals surface area contributed by atoms with Crippen molar-refractivity contribution in [2.75, 3.05) is 24.5 Å². The van der Waals surface area contributed by atoms with Gasteiger partial charge in [-0.05, 0) is 29.8 Å². The van der Waals surface area contributed by atoms with Crippen LogP contribution in [0.1, 0.15) is 19.4 Å². The summed E-state index contributed by atoms with van der Waals surface area (Å²) in [6, 6.07) is 11.8. The third kappa shape index (κ3) is 4.64. The molecule has 26 heavy (non-hydrogen) atoms. The van der Waals surface area contributed by atoms with Crippen molar-refractivity contribution in [3.8, 4) is 0 Å². The lowest BCUT2D eigenvalue weighted by atomic mass is 10.1. The van der Waals surface area contributed by atoms with Crippen molar-refractivity contribution in [1.29, 1.82) is 0 Å². The zero-order valence-corrected chi connectivity index (χ0v) is 15.9. The molecule has 1 aliphatic heterocycles. The number of anilines is 1. The van der Waals surface area contributed by atoms with Crippen molar-refractivity contribution in [1.82, 2.24) is 9.88 Å². The fourth-order valence-corrected chi connectivity index (χ4v) is 3.75. The first-order valence-electron chi connectivity index (χ1n) is 8.76.